The van der Waals surface area contributed by atoms with Crippen molar-refractivity contribution in [2.24, 2.45) is 16.5 Å². The zero-order valence-corrected chi connectivity index (χ0v) is 8.01. The summed E-state index contributed by atoms with van der Waals surface area (Å²) >= 11 is 0. The molecule has 1 aromatic rings. The monoisotopic (exact) mass is 205 g/mol. The van der Waals surface area contributed by atoms with Crippen LogP contribution in [0.4, 0.5) is 5.69 Å². The molecule has 0 aromatic heterocycles. The first-order valence-corrected chi connectivity index (χ1v) is 4.45. The molecule has 15 heavy (non-hydrogen) atoms. The van der Waals surface area contributed by atoms with Crippen molar-refractivity contribution >= 4 is 18.3 Å². The number of nitrogens with zero attached hydrogens (tertiary/aromatic N) is 1. The predicted octanol–water partition coefficient (Wildman–Crippen LogP) is 0.474. The Bertz CT molecular complexity index is 431. The standard InChI is InChI=1S/C10H11N3O2/c1-13-7-5(8-10(12)15-8)3-2-4-6(7)9(11)14/h2-4,8,10H,1,12H2,(H2,11,14). The lowest BCUT2D eigenvalue weighted by molar-refractivity contribution is 0.100. The molecule has 0 radical (unpaired) electrons. The van der Waals surface area contributed by atoms with Crippen molar-refractivity contribution < 1.29 is 9.53 Å². The lowest BCUT2D eigenvalue weighted by Gasteiger charge is -2.05. The molecule has 1 heterocycles. The molecule has 2 unspecified atom stereocenters. The van der Waals surface area contributed by atoms with Crippen LogP contribution in [0.3, 0.4) is 0 Å². The van der Waals surface area contributed by atoms with Crippen molar-refractivity contribution in [2.45, 2.75) is 12.3 Å². The number of nitrogens with two attached hydrogens (primary N) is 2. The fourth-order valence-electron chi connectivity index (χ4n) is 1.54. The average molecular weight is 205 g/mol. The van der Waals surface area contributed by atoms with Crippen LogP contribution in [0.2, 0.25) is 0 Å². The van der Waals surface area contributed by atoms with E-state index in [4.69, 9.17) is 16.2 Å². The number of rotatable bonds is 3. The summed E-state index contributed by atoms with van der Waals surface area (Å²) in [6.45, 7) is 3.42. The van der Waals surface area contributed by atoms with Crippen LogP contribution in [0, 0.1) is 0 Å². The van der Waals surface area contributed by atoms with Crippen LogP contribution in [0.15, 0.2) is 23.2 Å². The van der Waals surface area contributed by atoms with Crippen molar-refractivity contribution in [1.82, 2.24) is 0 Å². The molecular weight excluding hydrogens is 194 g/mol. The van der Waals surface area contributed by atoms with E-state index in [2.05, 4.69) is 11.7 Å². The molecule has 2 atom stereocenters. The van der Waals surface area contributed by atoms with Crippen LogP contribution in [0.1, 0.15) is 22.0 Å². The number of carbonyl (C=O) groups excluding carboxylic acids is 1. The number of carbonyl (C=O) groups is 1. The molecule has 1 aromatic carbocycles. The topological polar surface area (TPSA) is 94.0 Å². The van der Waals surface area contributed by atoms with Gasteiger partial charge in [0.05, 0.1) is 11.3 Å². The highest BCUT2D eigenvalue weighted by atomic mass is 16.6. The molecule has 5 heteroatoms. The summed E-state index contributed by atoms with van der Waals surface area (Å²) in [4.78, 5) is 14.9. The van der Waals surface area contributed by atoms with Crippen molar-refractivity contribution in [3.8, 4) is 0 Å². The fourth-order valence-corrected chi connectivity index (χ4v) is 1.54. The third-order valence-corrected chi connectivity index (χ3v) is 2.32. The Morgan fingerprint density at radius 1 is 1.53 bits per heavy atom. The summed E-state index contributed by atoms with van der Waals surface area (Å²) in [5, 5.41) is 0. The molecule has 1 saturated heterocycles. The molecule has 0 bridgehead atoms. The van der Waals surface area contributed by atoms with Gasteiger partial charge >= 0.3 is 0 Å². The zero-order valence-electron chi connectivity index (χ0n) is 8.01. The number of aliphatic imine (C=N–C) groups is 1. The van der Waals surface area contributed by atoms with Gasteiger partial charge in [-0.15, -0.1) is 0 Å². The van der Waals surface area contributed by atoms with Crippen molar-refractivity contribution in [3.05, 3.63) is 29.3 Å². The second-order valence-electron chi connectivity index (χ2n) is 3.29. The lowest BCUT2D eigenvalue weighted by Crippen LogP contribution is -2.12. The Kier molecular flexibility index (Phi) is 2.26. The summed E-state index contributed by atoms with van der Waals surface area (Å²) in [6.07, 6.45) is -0.529. The van der Waals surface area contributed by atoms with E-state index in [1.54, 1.807) is 18.2 Å². The molecular formula is C10H11N3O2. The Hall–Kier alpha value is -1.72. The van der Waals surface area contributed by atoms with Gasteiger partial charge in [0.15, 0.2) is 0 Å². The van der Waals surface area contributed by atoms with Gasteiger partial charge in [0.1, 0.15) is 12.3 Å². The van der Waals surface area contributed by atoms with Crippen LogP contribution >= 0.6 is 0 Å². The molecule has 2 rings (SSSR count). The van der Waals surface area contributed by atoms with Gasteiger partial charge in [-0.1, -0.05) is 12.1 Å². The van der Waals surface area contributed by atoms with E-state index in [0.717, 1.165) is 5.56 Å². The Morgan fingerprint density at radius 3 is 2.67 bits per heavy atom. The van der Waals surface area contributed by atoms with Crippen LogP contribution in [-0.4, -0.2) is 18.9 Å². The minimum Gasteiger partial charge on any atom is -0.366 e. The van der Waals surface area contributed by atoms with E-state index < -0.39 is 5.91 Å². The molecule has 0 saturated carbocycles. The van der Waals surface area contributed by atoms with Gasteiger partial charge in [-0.25, -0.2) is 0 Å². The first-order valence-electron chi connectivity index (χ1n) is 4.45. The number of epoxide rings is 1. The number of ether oxygens (including phenoxy) is 1. The van der Waals surface area contributed by atoms with Gasteiger partial charge in [0.25, 0.3) is 5.91 Å². The maximum absolute atomic E-state index is 11.1. The zero-order chi connectivity index (χ0) is 11.0. The summed E-state index contributed by atoms with van der Waals surface area (Å²) in [5.74, 6) is -0.534. The summed E-state index contributed by atoms with van der Waals surface area (Å²) in [7, 11) is 0. The molecule has 1 fully saturated rings. The number of benzene rings is 1. The SMILES string of the molecule is C=Nc1c(C(N)=O)cccc1C1OC1N. The first-order chi connectivity index (χ1) is 7.15. The van der Waals surface area contributed by atoms with Gasteiger partial charge in [0, 0.05) is 5.56 Å². The highest BCUT2D eigenvalue weighted by Gasteiger charge is 2.39. The lowest BCUT2D eigenvalue weighted by atomic mass is 10.0. The number of primary amides is 1. The van der Waals surface area contributed by atoms with E-state index in [1.807, 2.05) is 0 Å². The highest BCUT2D eigenvalue weighted by Crippen LogP contribution is 2.41. The molecule has 5 nitrogen and oxygen atoms in total. The normalized spacial score (nSPS) is 23.5. The third-order valence-electron chi connectivity index (χ3n) is 2.32. The summed E-state index contributed by atoms with van der Waals surface area (Å²) < 4.78 is 5.12. The van der Waals surface area contributed by atoms with Gasteiger partial charge in [-0.05, 0) is 12.8 Å². The molecule has 1 amide bonds. The Labute approximate surface area is 86.7 Å². The average Bonchev–Trinajstić information content (AvgIpc) is 2.94. The van der Waals surface area contributed by atoms with E-state index in [1.165, 1.54) is 0 Å². The van der Waals surface area contributed by atoms with E-state index in [-0.39, 0.29) is 12.3 Å². The van der Waals surface area contributed by atoms with Gasteiger partial charge in [-0.2, -0.15) is 0 Å². The minimum absolute atomic E-state index is 0.204. The minimum atomic E-state index is -0.534. The van der Waals surface area contributed by atoms with Crippen molar-refractivity contribution in [3.63, 3.8) is 0 Å². The molecule has 0 aliphatic carbocycles. The quantitative estimate of drug-likeness (QED) is 0.554. The maximum atomic E-state index is 11.1. The molecule has 1 aliphatic rings. The number of hydrogen-bond acceptors (Lipinski definition) is 4. The number of amides is 1. The fraction of sp³-hybridized carbons (Fsp3) is 0.200. The third kappa shape index (κ3) is 1.62. The van der Waals surface area contributed by atoms with E-state index >= 15 is 0 Å². The summed E-state index contributed by atoms with van der Waals surface area (Å²) in [6, 6.07) is 5.12. The van der Waals surface area contributed by atoms with Crippen LogP contribution < -0.4 is 11.5 Å². The van der Waals surface area contributed by atoms with Gasteiger partial charge in [-0.3, -0.25) is 9.79 Å². The van der Waals surface area contributed by atoms with Crippen molar-refractivity contribution in [1.29, 1.82) is 0 Å². The predicted molar refractivity (Wildman–Crippen MR) is 56.0 cm³/mol. The second kappa shape index (κ2) is 3.45. The van der Waals surface area contributed by atoms with E-state index in [0.29, 0.717) is 11.3 Å². The number of para-hydroxylation sites is 1. The molecule has 78 valence electrons. The number of hydrogen-bond donors (Lipinski definition) is 2. The van der Waals surface area contributed by atoms with Gasteiger partial charge < -0.3 is 16.2 Å². The highest BCUT2D eigenvalue weighted by molar-refractivity contribution is 5.98. The van der Waals surface area contributed by atoms with Gasteiger partial charge in [0.2, 0.25) is 0 Å². The molecule has 0 spiro atoms. The Morgan fingerprint density at radius 2 is 2.20 bits per heavy atom. The molecule has 4 N–H and O–H groups in total. The Balaban J connectivity index is 2.50. The first kappa shape index (κ1) is 9.82. The van der Waals surface area contributed by atoms with E-state index in [9.17, 15) is 4.79 Å². The van der Waals surface area contributed by atoms with Crippen LogP contribution in [0.25, 0.3) is 0 Å². The smallest absolute Gasteiger partial charge is 0.250 e. The van der Waals surface area contributed by atoms with Crippen LogP contribution in [0.5, 0.6) is 0 Å². The molecule has 1 aliphatic heterocycles. The largest absolute Gasteiger partial charge is 0.366 e. The van der Waals surface area contributed by atoms with Crippen molar-refractivity contribution in [2.75, 3.05) is 0 Å². The second-order valence-corrected chi connectivity index (χ2v) is 3.29. The maximum Gasteiger partial charge on any atom is 0.250 e. The summed E-state index contributed by atoms with van der Waals surface area (Å²) in [5.41, 5.74) is 12.3. The van der Waals surface area contributed by atoms with Crippen LogP contribution in [-0.2, 0) is 4.74 Å².